The number of hydrogen-bond acceptors (Lipinski definition) is 7. The van der Waals surface area contributed by atoms with Crippen LogP contribution >= 0.6 is 12.2 Å². The molecular formula is C27H30FN7O4S. The molecule has 210 valence electrons. The van der Waals surface area contributed by atoms with Gasteiger partial charge in [-0.25, -0.2) is 9.18 Å². The number of fused-ring (bicyclic) bond motifs is 1. The third-order valence-electron chi connectivity index (χ3n) is 7.08. The fourth-order valence-corrected chi connectivity index (χ4v) is 5.11. The molecular weight excluding hydrogens is 537 g/mol. The number of piperazine rings is 1. The van der Waals surface area contributed by atoms with Gasteiger partial charge in [0.05, 0.1) is 26.5 Å². The predicted molar refractivity (Wildman–Crippen MR) is 155 cm³/mol. The average Bonchev–Trinajstić information content (AvgIpc) is 3.35. The van der Waals surface area contributed by atoms with E-state index in [1.54, 1.807) is 38.0 Å². The van der Waals surface area contributed by atoms with Crippen molar-refractivity contribution in [2.75, 3.05) is 50.6 Å². The van der Waals surface area contributed by atoms with Gasteiger partial charge in [-0.05, 0) is 42.0 Å². The van der Waals surface area contributed by atoms with Crippen LogP contribution in [-0.2, 0) is 20.6 Å². The number of ether oxygens (including phenoxy) is 2. The molecule has 0 atom stereocenters. The van der Waals surface area contributed by atoms with E-state index in [1.807, 2.05) is 23.1 Å². The van der Waals surface area contributed by atoms with E-state index in [-0.39, 0.29) is 12.4 Å². The van der Waals surface area contributed by atoms with E-state index in [0.717, 1.165) is 10.1 Å². The van der Waals surface area contributed by atoms with Gasteiger partial charge in [-0.15, -0.1) is 0 Å². The second kappa shape index (κ2) is 11.0. The van der Waals surface area contributed by atoms with Gasteiger partial charge in [0, 0.05) is 46.3 Å². The standard InChI is InChI=1S/C27H30FN7O4S/c1-31-23-22(24(36)32(2)27(31)37)35(16-17-5-7-18(28)8-6-17)25(30-23)33-11-13-34(14-12-33)26(40)29-20-15-19(38-3)9-10-21(20)39-4/h5-10,15H,11-14,16H2,1-4H3,(H,29,40). The molecule has 4 aromatic rings. The van der Waals surface area contributed by atoms with Crippen LogP contribution in [-0.4, -0.2) is 69.1 Å². The lowest BCUT2D eigenvalue weighted by Crippen LogP contribution is -2.50. The zero-order valence-electron chi connectivity index (χ0n) is 22.7. The van der Waals surface area contributed by atoms with Crippen molar-refractivity contribution in [3.8, 4) is 11.5 Å². The Morgan fingerprint density at radius 2 is 1.70 bits per heavy atom. The van der Waals surface area contributed by atoms with Crippen molar-refractivity contribution in [3.05, 3.63) is 74.7 Å². The lowest BCUT2D eigenvalue weighted by Gasteiger charge is -2.37. The van der Waals surface area contributed by atoms with Gasteiger partial charge in [0.15, 0.2) is 16.3 Å². The number of thiocarbonyl (C=S) groups is 1. The first-order valence-corrected chi connectivity index (χ1v) is 13.1. The summed E-state index contributed by atoms with van der Waals surface area (Å²) >= 11 is 5.70. The summed E-state index contributed by atoms with van der Waals surface area (Å²) in [5, 5.41) is 3.80. The van der Waals surface area contributed by atoms with Crippen molar-refractivity contribution in [2.24, 2.45) is 14.1 Å². The highest BCUT2D eigenvalue weighted by molar-refractivity contribution is 7.80. The van der Waals surface area contributed by atoms with Crippen molar-refractivity contribution >= 4 is 40.1 Å². The molecule has 0 saturated carbocycles. The van der Waals surface area contributed by atoms with Crippen LogP contribution in [0.4, 0.5) is 16.0 Å². The van der Waals surface area contributed by atoms with E-state index in [2.05, 4.69) is 10.2 Å². The number of imidazole rings is 1. The Kier molecular flexibility index (Phi) is 7.48. The maximum atomic E-state index is 13.6. The number of nitrogens with one attached hydrogen (secondary N) is 1. The van der Waals surface area contributed by atoms with Crippen LogP contribution in [0.2, 0.25) is 0 Å². The minimum absolute atomic E-state index is 0.287. The molecule has 1 saturated heterocycles. The monoisotopic (exact) mass is 567 g/mol. The van der Waals surface area contributed by atoms with Crippen molar-refractivity contribution in [3.63, 3.8) is 0 Å². The molecule has 0 radical (unpaired) electrons. The molecule has 40 heavy (non-hydrogen) atoms. The predicted octanol–water partition coefficient (Wildman–Crippen LogP) is 2.16. The summed E-state index contributed by atoms with van der Waals surface area (Å²) in [5.41, 5.74) is 1.23. The van der Waals surface area contributed by atoms with Gasteiger partial charge in [0.25, 0.3) is 5.56 Å². The van der Waals surface area contributed by atoms with Gasteiger partial charge in [-0.3, -0.25) is 18.5 Å². The second-order valence-electron chi connectivity index (χ2n) is 9.47. The Labute approximate surface area is 235 Å². The van der Waals surface area contributed by atoms with Crippen LogP contribution in [0.15, 0.2) is 52.1 Å². The third-order valence-corrected chi connectivity index (χ3v) is 7.44. The van der Waals surface area contributed by atoms with Gasteiger partial charge < -0.3 is 24.6 Å². The Morgan fingerprint density at radius 1 is 1.00 bits per heavy atom. The summed E-state index contributed by atoms with van der Waals surface area (Å²) in [7, 11) is 6.23. The minimum Gasteiger partial charge on any atom is -0.497 e. The molecule has 1 aliphatic rings. The molecule has 2 aromatic heterocycles. The maximum absolute atomic E-state index is 13.6. The molecule has 0 spiro atoms. The maximum Gasteiger partial charge on any atom is 0.332 e. The van der Waals surface area contributed by atoms with E-state index in [0.29, 0.717) is 65.6 Å². The van der Waals surface area contributed by atoms with Crippen molar-refractivity contribution < 1.29 is 13.9 Å². The van der Waals surface area contributed by atoms with E-state index < -0.39 is 11.2 Å². The molecule has 11 nitrogen and oxygen atoms in total. The highest BCUT2D eigenvalue weighted by Crippen LogP contribution is 2.29. The molecule has 13 heteroatoms. The first-order valence-electron chi connectivity index (χ1n) is 12.7. The smallest absolute Gasteiger partial charge is 0.332 e. The SMILES string of the molecule is COc1ccc(OC)c(NC(=S)N2CCN(c3nc4c(c(=O)n(C)c(=O)n4C)n3Cc3ccc(F)cc3)CC2)c1. The molecule has 1 N–H and O–H groups in total. The van der Waals surface area contributed by atoms with Crippen molar-refractivity contribution in [1.82, 2.24) is 23.6 Å². The van der Waals surface area contributed by atoms with Crippen molar-refractivity contribution in [2.45, 2.75) is 6.54 Å². The number of aromatic nitrogens is 4. The molecule has 3 heterocycles. The number of rotatable bonds is 6. The number of nitrogens with zero attached hydrogens (tertiary/aromatic N) is 6. The Balaban J connectivity index is 1.42. The van der Waals surface area contributed by atoms with Gasteiger partial charge in [0.1, 0.15) is 17.3 Å². The number of methoxy groups -OCH3 is 2. The molecule has 0 amide bonds. The third kappa shape index (κ3) is 4.99. The van der Waals surface area contributed by atoms with Crippen molar-refractivity contribution in [1.29, 1.82) is 0 Å². The number of halogens is 1. The van der Waals surface area contributed by atoms with E-state index in [4.69, 9.17) is 26.7 Å². The van der Waals surface area contributed by atoms with Gasteiger partial charge >= 0.3 is 5.69 Å². The number of benzene rings is 2. The highest BCUT2D eigenvalue weighted by atomic mass is 32.1. The zero-order valence-corrected chi connectivity index (χ0v) is 23.5. The molecule has 2 aromatic carbocycles. The molecule has 1 aliphatic heterocycles. The summed E-state index contributed by atoms with van der Waals surface area (Å²) in [5.74, 6) is 1.54. The summed E-state index contributed by atoms with van der Waals surface area (Å²) in [4.78, 5) is 34.7. The number of aryl methyl sites for hydroxylation is 1. The van der Waals surface area contributed by atoms with Gasteiger partial charge in [-0.1, -0.05) is 12.1 Å². The van der Waals surface area contributed by atoms with Crippen LogP contribution < -0.4 is 30.9 Å². The molecule has 0 bridgehead atoms. The van der Waals surface area contributed by atoms with Crippen LogP contribution in [0.25, 0.3) is 11.2 Å². The summed E-state index contributed by atoms with van der Waals surface area (Å²) in [6, 6.07) is 11.6. The first-order chi connectivity index (χ1) is 19.2. The fraction of sp³-hybridized carbons (Fsp3) is 0.333. The summed E-state index contributed by atoms with van der Waals surface area (Å²) < 4.78 is 28.6. The number of hydrogen-bond donors (Lipinski definition) is 1. The van der Waals surface area contributed by atoms with E-state index >= 15 is 0 Å². The van der Waals surface area contributed by atoms with E-state index in [9.17, 15) is 14.0 Å². The molecule has 0 aliphatic carbocycles. The molecule has 1 fully saturated rings. The Bertz CT molecular complexity index is 1690. The normalized spacial score (nSPS) is 13.5. The first kappa shape index (κ1) is 27.2. The van der Waals surface area contributed by atoms with E-state index in [1.165, 1.54) is 23.7 Å². The lowest BCUT2D eigenvalue weighted by molar-refractivity contribution is 0.385. The summed E-state index contributed by atoms with van der Waals surface area (Å²) in [6.45, 7) is 2.61. The topological polar surface area (TPSA) is 98.8 Å². The quantitative estimate of drug-likeness (QED) is 0.352. The lowest BCUT2D eigenvalue weighted by atomic mass is 10.2. The van der Waals surface area contributed by atoms with Crippen LogP contribution in [0.1, 0.15) is 5.56 Å². The molecule has 5 rings (SSSR count). The highest BCUT2D eigenvalue weighted by Gasteiger charge is 2.27. The molecule has 0 unspecified atom stereocenters. The Hall–Kier alpha value is -4.39. The van der Waals surface area contributed by atoms with Crippen LogP contribution in [0, 0.1) is 5.82 Å². The Morgan fingerprint density at radius 3 is 2.35 bits per heavy atom. The minimum atomic E-state index is -0.454. The number of anilines is 2. The van der Waals surface area contributed by atoms with Gasteiger partial charge in [-0.2, -0.15) is 4.98 Å². The summed E-state index contributed by atoms with van der Waals surface area (Å²) in [6.07, 6.45) is 0. The van der Waals surface area contributed by atoms with Crippen LogP contribution in [0.5, 0.6) is 11.5 Å². The van der Waals surface area contributed by atoms with Gasteiger partial charge in [0.2, 0.25) is 5.95 Å². The zero-order chi connectivity index (χ0) is 28.6. The largest absolute Gasteiger partial charge is 0.497 e. The van der Waals surface area contributed by atoms with Crippen LogP contribution in [0.3, 0.4) is 0 Å². The second-order valence-corrected chi connectivity index (χ2v) is 9.86. The average molecular weight is 568 g/mol. The fourth-order valence-electron chi connectivity index (χ4n) is 4.81.